The van der Waals surface area contributed by atoms with Gasteiger partial charge in [-0.1, -0.05) is 6.07 Å². The molecule has 1 aromatic rings. The van der Waals surface area contributed by atoms with Crippen LogP contribution in [0.15, 0.2) is 22.9 Å². The lowest BCUT2D eigenvalue weighted by molar-refractivity contribution is -0.0393. The van der Waals surface area contributed by atoms with Crippen molar-refractivity contribution >= 4 is 15.9 Å². The molecule has 3 nitrogen and oxygen atoms in total. The summed E-state index contributed by atoms with van der Waals surface area (Å²) in [5, 5.41) is 3.35. The van der Waals surface area contributed by atoms with Crippen LogP contribution < -0.4 is 5.32 Å². The molecule has 1 saturated heterocycles. The third kappa shape index (κ3) is 2.22. The first-order valence-corrected chi connectivity index (χ1v) is 5.94. The number of nitrogens with one attached hydrogen (secondary N) is 1. The molecule has 1 N–H and O–H groups in total. The van der Waals surface area contributed by atoms with Gasteiger partial charge in [0.2, 0.25) is 0 Å². The summed E-state index contributed by atoms with van der Waals surface area (Å²) < 4.78 is 6.58. The molecule has 0 spiro atoms. The van der Waals surface area contributed by atoms with E-state index in [4.69, 9.17) is 4.74 Å². The highest BCUT2D eigenvalue weighted by Crippen LogP contribution is 2.33. The van der Waals surface area contributed by atoms with Crippen LogP contribution in [0.2, 0.25) is 0 Å². The molecule has 1 aromatic heterocycles. The number of halogens is 1. The van der Waals surface area contributed by atoms with Gasteiger partial charge in [-0.05, 0) is 47.9 Å². The van der Waals surface area contributed by atoms with E-state index in [1.54, 1.807) is 7.11 Å². The van der Waals surface area contributed by atoms with Crippen LogP contribution in [0.4, 0.5) is 0 Å². The molecule has 1 fully saturated rings. The maximum absolute atomic E-state index is 5.71. The average molecular weight is 271 g/mol. The zero-order valence-corrected chi connectivity index (χ0v) is 10.4. The second-order valence-electron chi connectivity index (χ2n) is 3.82. The van der Waals surface area contributed by atoms with E-state index >= 15 is 0 Å². The van der Waals surface area contributed by atoms with Crippen LogP contribution in [0, 0.1) is 0 Å². The zero-order chi connectivity index (χ0) is 10.7. The van der Waals surface area contributed by atoms with E-state index in [1.165, 1.54) is 5.56 Å². The molecular weight excluding hydrogens is 256 g/mol. The van der Waals surface area contributed by atoms with Crippen LogP contribution in [0.5, 0.6) is 0 Å². The minimum Gasteiger partial charge on any atom is -0.373 e. The Bertz CT molecular complexity index is 320. The molecule has 15 heavy (non-hydrogen) atoms. The van der Waals surface area contributed by atoms with Gasteiger partial charge in [0.25, 0.3) is 0 Å². The summed E-state index contributed by atoms with van der Waals surface area (Å²) in [4.78, 5) is 4.26. The minimum absolute atomic E-state index is 0.140. The number of pyridine rings is 1. The molecule has 0 aliphatic carbocycles. The fourth-order valence-corrected chi connectivity index (χ4v) is 2.32. The number of nitrogens with zero attached hydrogens (tertiary/aromatic N) is 1. The molecule has 1 aliphatic heterocycles. The average Bonchev–Trinajstić information content (AvgIpc) is 2.31. The first-order valence-electron chi connectivity index (χ1n) is 5.15. The van der Waals surface area contributed by atoms with Crippen LogP contribution in [0.1, 0.15) is 18.4 Å². The van der Waals surface area contributed by atoms with Gasteiger partial charge in [-0.3, -0.25) is 0 Å². The van der Waals surface area contributed by atoms with Gasteiger partial charge < -0.3 is 10.1 Å². The van der Waals surface area contributed by atoms with Gasteiger partial charge in [-0.15, -0.1) is 0 Å². The normalized spacial score (nSPS) is 20.1. The van der Waals surface area contributed by atoms with E-state index in [0.29, 0.717) is 0 Å². The summed E-state index contributed by atoms with van der Waals surface area (Å²) in [7, 11) is 1.79. The van der Waals surface area contributed by atoms with E-state index in [1.807, 2.05) is 12.3 Å². The molecule has 0 bridgehead atoms. The van der Waals surface area contributed by atoms with Crippen molar-refractivity contribution in [2.45, 2.75) is 18.4 Å². The topological polar surface area (TPSA) is 34.1 Å². The van der Waals surface area contributed by atoms with E-state index in [0.717, 1.165) is 30.5 Å². The Hall–Kier alpha value is -0.450. The monoisotopic (exact) mass is 270 g/mol. The smallest absolute Gasteiger partial charge is 0.106 e. The summed E-state index contributed by atoms with van der Waals surface area (Å²) in [6, 6.07) is 4.06. The van der Waals surface area contributed by atoms with Crippen molar-refractivity contribution in [2.75, 3.05) is 20.2 Å². The van der Waals surface area contributed by atoms with Crippen LogP contribution in [-0.2, 0) is 10.3 Å². The van der Waals surface area contributed by atoms with Crippen molar-refractivity contribution in [1.29, 1.82) is 0 Å². The quantitative estimate of drug-likeness (QED) is 0.836. The summed E-state index contributed by atoms with van der Waals surface area (Å²) in [5.41, 5.74) is 1.04. The molecule has 0 unspecified atom stereocenters. The largest absolute Gasteiger partial charge is 0.373 e. The molecule has 1 aliphatic rings. The first kappa shape index (κ1) is 11.0. The lowest BCUT2D eigenvalue weighted by atomic mass is 9.86. The molecule has 0 radical (unpaired) electrons. The Morgan fingerprint density at radius 3 is 2.67 bits per heavy atom. The van der Waals surface area contributed by atoms with Crippen molar-refractivity contribution in [3.05, 3.63) is 28.5 Å². The highest BCUT2D eigenvalue weighted by Gasteiger charge is 2.33. The fourth-order valence-electron chi connectivity index (χ4n) is 2.09. The number of ether oxygens (including phenoxy) is 1. The third-order valence-electron chi connectivity index (χ3n) is 3.06. The molecule has 0 amide bonds. The second-order valence-corrected chi connectivity index (χ2v) is 4.63. The Labute approximate surface area is 98.4 Å². The molecule has 2 heterocycles. The predicted octanol–water partition coefficient (Wildman–Crippen LogP) is 2.07. The maximum Gasteiger partial charge on any atom is 0.106 e. The third-order valence-corrected chi connectivity index (χ3v) is 3.52. The van der Waals surface area contributed by atoms with E-state index < -0.39 is 0 Å². The minimum atomic E-state index is -0.140. The number of aromatic nitrogens is 1. The van der Waals surface area contributed by atoms with E-state index in [9.17, 15) is 0 Å². The van der Waals surface area contributed by atoms with Gasteiger partial charge >= 0.3 is 0 Å². The van der Waals surface area contributed by atoms with Crippen molar-refractivity contribution < 1.29 is 4.74 Å². The molecular formula is C11H15BrN2O. The fraction of sp³-hybridized carbons (Fsp3) is 0.545. The molecule has 0 saturated carbocycles. The molecule has 82 valence electrons. The molecule has 2 rings (SSSR count). The lowest BCUT2D eigenvalue weighted by Crippen LogP contribution is -2.41. The second kappa shape index (κ2) is 4.60. The predicted molar refractivity (Wildman–Crippen MR) is 62.7 cm³/mol. The van der Waals surface area contributed by atoms with E-state index in [-0.39, 0.29) is 5.60 Å². The Morgan fingerprint density at radius 2 is 2.13 bits per heavy atom. The van der Waals surface area contributed by atoms with Gasteiger partial charge in [0.05, 0.1) is 5.60 Å². The number of hydrogen-bond donors (Lipinski definition) is 1. The van der Waals surface area contributed by atoms with E-state index in [2.05, 4.69) is 32.3 Å². The van der Waals surface area contributed by atoms with Crippen molar-refractivity contribution in [1.82, 2.24) is 10.3 Å². The highest BCUT2D eigenvalue weighted by molar-refractivity contribution is 9.10. The SMILES string of the molecule is COC1(c2ccc(Br)nc2)CCNCC1. The summed E-state index contributed by atoms with van der Waals surface area (Å²) in [6.07, 6.45) is 3.92. The summed E-state index contributed by atoms with van der Waals surface area (Å²) in [5.74, 6) is 0. The first-order chi connectivity index (χ1) is 7.27. The van der Waals surface area contributed by atoms with Crippen molar-refractivity contribution in [2.24, 2.45) is 0 Å². The molecule has 4 heteroatoms. The zero-order valence-electron chi connectivity index (χ0n) is 8.79. The maximum atomic E-state index is 5.71. The van der Waals surface area contributed by atoms with Crippen molar-refractivity contribution in [3.63, 3.8) is 0 Å². The Morgan fingerprint density at radius 1 is 1.40 bits per heavy atom. The lowest BCUT2D eigenvalue weighted by Gasteiger charge is -2.36. The number of methoxy groups -OCH3 is 1. The Balaban J connectivity index is 2.28. The van der Waals surface area contributed by atoms with Crippen LogP contribution in [0.25, 0.3) is 0 Å². The van der Waals surface area contributed by atoms with Gasteiger partial charge in [0.15, 0.2) is 0 Å². The standard InChI is InChI=1S/C11H15BrN2O/c1-15-11(4-6-13-7-5-11)9-2-3-10(12)14-8-9/h2-3,8,13H,4-7H2,1H3. The van der Waals surface area contributed by atoms with Gasteiger partial charge in [-0.25, -0.2) is 4.98 Å². The van der Waals surface area contributed by atoms with Gasteiger partial charge in [0.1, 0.15) is 4.60 Å². The number of rotatable bonds is 2. The van der Waals surface area contributed by atoms with Crippen LogP contribution in [0.3, 0.4) is 0 Å². The van der Waals surface area contributed by atoms with Gasteiger partial charge in [-0.2, -0.15) is 0 Å². The highest BCUT2D eigenvalue weighted by atomic mass is 79.9. The molecule has 0 atom stereocenters. The van der Waals surface area contributed by atoms with Crippen molar-refractivity contribution in [3.8, 4) is 0 Å². The Kier molecular flexibility index (Phi) is 3.38. The summed E-state index contributed by atoms with van der Waals surface area (Å²) >= 11 is 3.34. The summed E-state index contributed by atoms with van der Waals surface area (Å²) in [6.45, 7) is 2.01. The number of hydrogen-bond acceptors (Lipinski definition) is 3. The molecule has 0 aromatic carbocycles. The number of piperidine rings is 1. The van der Waals surface area contributed by atoms with Crippen LogP contribution in [-0.4, -0.2) is 25.2 Å². The van der Waals surface area contributed by atoms with Gasteiger partial charge in [0, 0.05) is 18.9 Å². The van der Waals surface area contributed by atoms with Crippen LogP contribution >= 0.6 is 15.9 Å².